The summed E-state index contributed by atoms with van der Waals surface area (Å²) in [5.41, 5.74) is 21.2. The van der Waals surface area contributed by atoms with Crippen LogP contribution in [-0.4, -0.2) is 12.3 Å². The zero-order valence-electron chi connectivity index (χ0n) is 30.8. The van der Waals surface area contributed by atoms with E-state index in [-0.39, 0.29) is 5.92 Å². The summed E-state index contributed by atoms with van der Waals surface area (Å²) in [4.78, 5) is 6.58. The molecule has 1 radical (unpaired) electrons. The summed E-state index contributed by atoms with van der Waals surface area (Å²) >= 11 is 0. The van der Waals surface area contributed by atoms with Crippen LogP contribution >= 0.6 is 0 Å². The van der Waals surface area contributed by atoms with Gasteiger partial charge in [0.2, 0.25) is 0 Å². The van der Waals surface area contributed by atoms with E-state index in [1.807, 2.05) is 0 Å². The normalized spacial score (nSPS) is 18.2. The van der Waals surface area contributed by atoms with Crippen LogP contribution in [0.4, 0.5) is 17.1 Å². The Labute approximate surface area is 330 Å². The minimum Gasteiger partial charge on any atom is -0.455 e. The lowest BCUT2D eigenvalue weighted by molar-refractivity contribution is 0.670. The van der Waals surface area contributed by atoms with E-state index in [4.69, 9.17) is 4.42 Å². The molecule has 0 saturated carbocycles. The summed E-state index contributed by atoms with van der Waals surface area (Å²) in [5, 5.41) is 3.49. The maximum atomic E-state index is 6.97. The first-order valence-corrected chi connectivity index (χ1v) is 20.0. The van der Waals surface area contributed by atoms with E-state index in [0.29, 0.717) is 5.92 Å². The van der Waals surface area contributed by atoms with Crippen molar-refractivity contribution in [3.8, 4) is 22.3 Å². The maximum Gasteiger partial charge on any atom is 0.198 e. The molecule has 57 heavy (non-hydrogen) atoms. The second-order valence-corrected chi connectivity index (χ2v) is 16.2. The fraction of sp³-hybridized carbons (Fsp3) is 0.0566. The zero-order valence-corrected chi connectivity index (χ0v) is 30.8. The van der Waals surface area contributed by atoms with E-state index in [0.717, 1.165) is 44.0 Å². The molecule has 2 atom stereocenters. The number of benzene rings is 7. The number of hydrogen-bond acceptors (Lipinski definition) is 2. The number of H-pyrrole nitrogens is 1. The van der Waals surface area contributed by atoms with Gasteiger partial charge in [0.25, 0.3) is 0 Å². The molecule has 0 amide bonds. The number of para-hydroxylation sites is 4. The fourth-order valence-corrected chi connectivity index (χ4v) is 11.4. The summed E-state index contributed by atoms with van der Waals surface area (Å²) < 4.78 is 6.97. The smallest absolute Gasteiger partial charge is 0.198 e. The predicted molar refractivity (Wildman–Crippen MR) is 235 cm³/mol. The number of aromatic nitrogens is 1. The summed E-state index contributed by atoms with van der Waals surface area (Å²) in [6.07, 6.45) is 13.7. The van der Waals surface area contributed by atoms with E-state index in [2.05, 4.69) is 193 Å². The van der Waals surface area contributed by atoms with Crippen LogP contribution in [0.1, 0.15) is 39.4 Å². The molecule has 4 heteroatoms. The molecule has 1 spiro atoms. The van der Waals surface area contributed by atoms with Crippen LogP contribution in [0.15, 0.2) is 174 Å². The van der Waals surface area contributed by atoms with Gasteiger partial charge in [0, 0.05) is 61.8 Å². The number of aromatic amines is 1. The highest BCUT2D eigenvalue weighted by molar-refractivity contribution is 6.74. The van der Waals surface area contributed by atoms with Crippen LogP contribution < -0.4 is 15.8 Å². The number of nitrogens with one attached hydrogen (secondary N) is 1. The van der Waals surface area contributed by atoms with Crippen molar-refractivity contribution in [3.05, 3.63) is 203 Å². The van der Waals surface area contributed by atoms with Crippen LogP contribution in [0.2, 0.25) is 0 Å². The van der Waals surface area contributed by atoms with Crippen molar-refractivity contribution in [2.24, 2.45) is 5.92 Å². The van der Waals surface area contributed by atoms with Crippen LogP contribution in [0.3, 0.4) is 0 Å². The van der Waals surface area contributed by atoms with Gasteiger partial charge in [-0.25, -0.2) is 0 Å². The first kappa shape index (κ1) is 30.2. The second kappa shape index (κ2) is 10.6. The minimum atomic E-state index is -0.463. The van der Waals surface area contributed by atoms with E-state index >= 15 is 0 Å². The summed E-state index contributed by atoms with van der Waals surface area (Å²) in [5.74, 6) is 0.636. The quantitative estimate of drug-likeness (QED) is 0.171. The first-order valence-electron chi connectivity index (χ1n) is 20.0. The fourth-order valence-electron chi connectivity index (χ4n) is 11.4. The van der Waals surface area contributed by atoms with E-state index in [1.54, 1.807) is 0 Å². The molecule has 2 aromatic heterocycles. The topological polar surface area (TPSA) is 32.2 Å². The molecule has 0 saturated heterocycles. The van der Waals surface area contributed by atoms with Crippen molar-refractivity contribution < 1.29 is 4.42 Å². The molecule has 7 aromatic carbocycles. The highest BCUT2D eigenvalue weighted by Gasteiger charge is 2.53. The Balaban J connectivity index is 1.10. The van der Waals surface area contributed by atoms with Gasteiger partial charge in [0.1, 0.15) is 11.2 Å². The summed E-state index contributed by atoms with van der Waals surface area (Å²) in [7, 11) is 2.44. The lowest BCUT2D eigenvalue weighted by atomic mass is 9.54. The number of fused-ring (bicyclic) bond motifs is 19. The zero-order chi connectivity index (χ0) is 37.0. The lowest BCUT2D eigenvalue weighted by Gasteiger charge is -2.48. The van der Waals surface area contributed by atoms with Crippen molar-refractivity contribution in [3.63, 3.8) is 0 Å². The molecule has 5 aliphatic rings. The van der Waals surface area contributed by atoms with Crippen LogP contribution in [0, 0.1) is 5.92 Å². The van der Waals surface area contributed by atoms with E-state index in [1.165, 1.54) is 72.5 Å². The van der Waals surface area contributed by atoms with Gasteiger partial charge >= 0.3 is 0 Å². The van der Waals surface area contributed by atoms with Crippen molar-refractivity contribution in [1.29, 1.82) is 0 Å². The van der Waals surface area contributed by atoms with Crippen LogP contribution in [0.25, 0.3) is 61.2 Å². The van der Waals surface area contributed by atoms with Crippen LogP contribution in [-0.2, 0) is 5.41 Å². The maximum absolute atomic E-state index is 6.97. The Morgan fingerprint density at radius 1 is 0.596 bits per heavy atom. The molecule has 2 unspecified atom stereocenters. The first-order chi connectivity index (χ1) is 28.3. The third kappa shape index (κ3) is 3.61. The van der Waals surface area contributed by atoms with Crippen LogP contribution in [0.5, 0.6) is 0 Å². The Kier molecular flexibility index (Phi) is 5.63. The molecule has 9 aromatic rings. The summed E-state index contributed by atoms with van der Waals surface area (Å²) in [6.45, 7) is 0. The third-order valence-electron chi connectivity index (χ3n) is 13.6. The number of anilines is 3. The molecular weight excluding hydrogens is 691 g/mol. The monoisotopic (exact) mass is 723 g/mol. The lowest BCUT2D eigenvalue weighted by Crippen LogP contribution is -2.47. The van der Waals surface area contributed by atoms with Crippen molar-refractivity contribution in [2.75, 3.05) is 4.90 Å². The van der Waals surface area contributed by atoms with Gasteiger partial charge in [-0.05, 0) is 57.0 Å². The Bertz CT molecular complexity index is 3330. The minimum absolute atomic E-state index is 0.283. The number of rotatable bonds is 1. The van der Waals surface area contributed by atoms with E-state index < -0.39 is 5.41 Å². The van der Waals surface area contributed by atoms with Gasteiger partial charge in [-0.2, -0.15) is 0 Å². The highest BCUT2D eigenvalue weighted by atomic mass is 16.3. The van der Waals surface area contributed by atoms with Crippen molar-refractivity contribution in [2.45, 2.75) is 11.3 Å². The summed E-state index contributed by atoms with van der Waals surface area (Å²) in [6, 6.07) is 51.9. The molecule has 1 N–H and O–H groups in total. The van der Waals surface area contributed by atoms with Crippen molar-refractivity contribution >= 4 is 74.2 Å². The molecule has 3 aliphatic carbocycles. The van der Waals surface area contributed by atoms with Gasteiger partial charge in [0.15, 0.2) is 7.28 Å². The molecule has 0 fully saturated rings. The van der Waals surface area contributed by atoms with Gasteiger partial charge in [-0.3, -0.25) is 0 Å². The molecule has 263 valence electrons. The number of furan rings is 1. The molecule has 3 nitrogen and oxygen atoms in total. The Morgan fingerprint density at radius 3 is 2.18 bits per heavy atom. The number of allylic oxidation sites excluding steroid dienone is 5. The average molecular weight is 724 g/mol. The Hall–Kier alpha value is -7.04. The Morgan fingerprint density at radius 2 is 1.30 bits per heavy atom. The standard InChI is InChI=1S/C53H32BN2O/c1-2-14-31-30(13-1)27-28-36-35-18-11-19-37(50(35)55-49(31)36)47-48-45(29-38-34-17-5-10-26-46(34)57-52(38)47)56-44-25-9-8-22-41(44)53(42-23-12-24-43(54-48)51(42)56)39-20-6-3-15-32(39)33-16-4-7-21-40(33)53/h1-31,55H. The molecule has 4 heterocycles. The van der Waals surface area contributed by atoms with E-state index in [9.17, 15) is 0 Å². The van der Waals surface area contributed by atoms with Crippen molar-refractivity contribution in [1.82, 2.24) is 4.98 Å². The molecular formula is C53H32BN2O. The molecule has 2 aliphatic heterocycles. The predicted octanol–water partition coefficient (Wildman–Crippen LogP) is 11.7. The molecule has 0 bridgehead atoms. The SMILES string of the molecule is [B]1c2cccc3c2N(c2ccccc2C32c3ccccc3-c3ccccc32)c2cc3c(oc4ccccc43)c(-c3cccc4c5c([nH]c34)C3C=CC=CC3C=C5)c21. The highest BCUT2D eigenvalue weighted by Crippen LogP contribution is 2.63. The van der Waals surface area contributed by atoms with Gasteiger partial charge in [-0.15, -0.1) is 0 Å². The number of nitrogens with zero attached hydrogens (tertiary/aromatic N) is 1. The van der Waals surface area contributed by atoms with Gasteiger partial charge in [-0.1, -0.05) is 163 Å². The largest absolute Gasteiger partial charge is 0.455 e. The van der Waals surface area contributed by atoms with Gasteiger partial charge < -0.3 is 14.3 Å². The van der Waals surface area contributed by atoms with Gasteiger partial charge in [0.05, 0.1) is 16.6 Å². The number of hydrogen-bond donors (Lipinski definition) is 1. The average Bonchev–Trinajstić information content (AvgIpc) is 3.93. The molecule has 14 rings (SSSR count). The third-order valence-corrected chi connectivity index (χ3v) is 13.6. The second-order valence-electron chi connectivity index (χ2n) is 16.2.